The highest BCUT2D eigenvalue weighted by molar-refractivity contribution is 6.34. The van der Waals surface area contributed by atoms with Crippen molar-refractivity contribution in [2.45, 2.75) is 199 Å². The van der Waals surface area contributed by atoms with Gasteiger partial charge < -0.3 is 83.0 Å². The van der Waals surface area contributed by atoms with Crippen molar-refractivity contribution in [3.8, 4) is 23.0 Å². The van der Waals surface area contributed by atoms with E-state index in [0.29, 0.717) is 116 Å². The number of nitrogens with one attached hydrogen (secondary N) is 4. The Morgan fingerprint density at radius 2 is 0.622 bits per heavy atom. The quantitative estimate of drug-likeness (QED) is 0.0304. The number of carbonyl (C=O) groups is 4. The molecule has 0 bridgehead atoms. The second kappa shape index (κ2) is 45.6. The molecule has 1 aliphatic carbocycles. The van der Waals surface area contributed by atoms with E-state index in [1.165, 1.54) is 38.5 Å². The molecule has 1 saturated carbocycles. The molecule has 37 heteroatoms. The number of halogens is 4. The Bertz CT molecular complexity index is 6760. The van der Waals surface area contributed by atoms with E-state index in [9.17, 15) is 38.4 Å². The maximum Gasteiger partial charge on any atom is 0.293 e. The van der Waals surface area contributed by atoms with E-state index >= 15 is 0 Å². The van der Waals surface area contributed by atoms with Crippen LogP contribution in [0.25, 0.3) is 43.6 Å². The van der Waals surface area contributed by atoms with Crippen LogP contribution in [0.5, 0.6) is 23.0 Å². The largest absolute Gasteiger partial charge is 0.480 e. The van der Waals surface area contributed by atoms with E-state index in [4.69, 9.17) is 75.3 Å². The van der Waals surface area contributed by atoms with Crippen LogP contribution in [-0.2, 0) is 19.2 Å². The van der Waals surface area contributed by atoms with Gasteiger partial charge in [-0.15, -0.1) is 0 Å². The van der Waals surface area contributed by atoms with Gasteiger partial charge in [0, 0.05) is 157 Å². The minimum absolute atomic E-state index is 0.0589. The Kier molecular flexibility index (Phi) is 33.4. The molecule has 8 aromatic heterocycles. The normalized spacial score (nSPS) is 16.1. The maximum atomic E-state index is 13.1. The number of hydrogen-bond acceptors (Lipinski definition) is 29. The lowest BCUT2D eigenvalue weighted by atomic mass is 9.66. The van der Waals surface area contributed by atoms with E-state index < -0.39 is 0 Å². The van der Waals surface area contributed by atoms with Gasteiger partial charge in [-0.05, 0) is 222 Å². The van der Waals surface area contributed by atoms with Crippen LogP contribution in [0.2, 0.25) is 20.1 Å². The van der Waals surface area contributed by atoms with Crippen LogP contribution in [0.15, 0.2) is 141 Å². The van der Waals surface area contributed by atoms with Crippen molar-refractivity contribution in [3.63, 3.8) is 0 Å². The maximum absolute atomic E-state index is 13.1. The number of rotatable bonds is 32. The lowest BCUT2D eigenvalue weighted by molar-refractivity contribution is -0.121. The number of Topliss-reactive ketones (excluding diaryl/α,β-unsaturated/α-hetero) is 4. The Morgan fingerprint density at radius 1 is 0.357 bits per heavy atom. The monoisotopic (exact) mass is 2030 g/mol. The average molecular weight is 2030 g/mol. The summed E-state index contributed by atoms with van der Waals surface area (Å²) in [6.07, 6.45) is 16.6. The summed E-state index contributed by atoms with van der Waals surface area (Å²) < 4.78 is 29.2. The van der Waals surface area contributed by atoms with Crippen molar-refractivity contribution in [1.82, 2.24) is 63.0 Å². The number of pyridine rings is 4. The second-order valence-electron chi connectivity index (χ2n) is 39.9. The van der Waals surface area contributed by atoms with Crippen molar-refractivity contribution < 1.29 is 38.1 Å². The van der Waals surface area contributed by atoms with E-state index in [1.807, 2.05) is 128 Å². The van der Waals surface area contributed by atoms with Crippen molar-refractivity contribution in [3.05, 3.63) is 183 Å². The lowest BCUT2D eigenvalue weighted by Crippen LogP contribution is -2.60. The van der Waals surface area contributed by atoms with E-state index in [0.717, 1.165) is 144 Å². The first-order valence-electron chi connectivity index (χ1n) is 49.6. The number of hydrogen-bond donors (Lipinski definition) is 4. The predicted molar refractivity (Wildman–Crippen MR) is 570 cm³/mol. The van der Waals surface area contributed by atoms with Gasteiger partial charge in [0.2, 0.25) is 23.8 Å². The fourth-order valence-electron chi connectivity index (χ4n) is 18.9. The molecular formula is C106H129Cl4N21O12. The topological polar surface area (TPSA) is 361 Å². The highest BCUT2D eigenvalue weighted by Gasteiger charge is 2.47. The van der Waals surface area contributed by atoms with Crippen LogP contribution in [0, 0.1) is 28.6 Å². The summed E-state index contributed by atoms with van der Waals surface area (Å²) in [6, 6.07) is 29.2. The lowest BCUT2D eigenvalue weighted by Gasteiger charge is -2.53. The summed E-state index contributed by atoms with van der Waals surface area (Å²) >= 11 is 25.7. The minimum Gasteiger partial charge on any atom is -0.480 e. The van der Waals surface area contributed by atoms with Crippen LogP contribution < -0.4 is 82.1 Å². The van der Waals surface area contributed by atoms with Crippen molar-refractivity contribution in [1.29, 1.82) is 0 Å². The number of ether oxygens (including phenoxy) is 4. The van der Waals surface area contributed by atoms with Crippen molar-refractivity contribution in [2.75, 3.05) is 140 Å². The Balaban J connectivity index is 0.000000144. The third-order valence-corrected chi connectivity index (χ3v) is 28.4. The second-order valence-corrected chi connectivity index (χ2v) is 41.6. The van der Waals surface area contributed by atoms with Crippen LogP contribution in [0.4, 0.5) is 69.8 Å². The average Bonchev–Trinajstić information content (AvgIpc) is 0.950. The zero-order valence-electron chi connectivity index (χ0n) is 84.3. The van der Waals surface area contributed by atoms with Crippen LogP contribution in [0.3, 0.4) is 0 Å². The highest BCUT2D eigenvalue weighted by Crippen LogP contribution is 2.48. The van der Waals surface area contributed by atoms with Gasteiger partial charge in [-0.1, -0.05) is 108 Å². The molecule has 758 valence electrons. The Labute approximate surface area is 852 Å². The fraction of sp³-hybridized carbons (Fsp3) is 0.472. The van der Waals surface area contributed by atoms with Crippen LogP contribution in [0.1, 0.15) is 199 Å². The molecule has 6 aliphatic rings. The number of carbonyl (C=O) groups excluding carboxylic acids is 4. The van der Waals surface area contributed by atoms with E-state index in [1.54, 1.807) is 95.0 Å². The molecule has 6 fully saturated rings. The summed E-state index contributed by atoms with van der Waals surface area (Å²) in [6.45, 7) is 38.8. The molecule has 5 aliphatic heterocycles. The SMILES string of the molecule is CCC(=O)COc1cc2cc(Nc3nc(N4CC(C)C4)ncc3Cl)ccc2n(C(C)C)c1=O.CCC(=O)COc1cc2cc(Nc3nc(N4CC5(CCC(C)CC5)C4)ncc3Cl)ccc2n(C(C)C)c1=O.CCC(=O)COc1cc2cc(Nc3nc(N4CC5(CCN(C)CC5)C4)ncc3Cl)ccc2n(C(C)C)c1=O.CCC(=O)COc1cc2cc(Nc3nc(N4CC[C@H](C)C4)ncc3Cl)ccc2n(C(C)C)c1=O. The summed E-state index contributed by atoms with van der Waals surface area (Å²) in [7, 11) is 2.18. The molecule has 33 nitrogen and oxygen atoms in total. The molecule has 2 spiro atoms. The Hall–Kier alpha value is -12.6. The van der Waals surface area contributed by atoms with Crippen molar-refractivity contribution >= 4 is 183 Å². The molecule has 4 N–H and O–H groups in total. The standard InChI is InChI=1S/C29H36ClN5O3.C28H35ClN6O3.C25H30ClN5O3.C24H28ClN5O3/c1-5-22(36)15-38-25-13-20-12-21(6-7-24(20)35(18(2)3)27(25)37)32-26-23(30)14-31-28(33-26)34-16-29(17-34)10-8-19(4)9-11-29;1-5-21(36)15-38-24-13-19-12-20(6-7-23(19)35(18(2)3)26(24)37)31-25-22(29)14-30-27(32-25)34-16-28(17-34)8-10-33(4)11-9-28;1-5-19(32)14-34-22-11-17-10-18(6-7-21(17)31(15(2)3)24(22)33)28-23-20(26)12-27-25(29-23)30-9-8-16(4)13-30;1-5-18(31)13-33-21-9-16-8-17(6-7-20(16)30(14(2)3)23(21)32)27-22-19(25)10-26-24(28-22)29-11-15(4)12-29/h6-7,12-14,18-19H,5,8-11,15-17H2,1-4H3,(H,31,32,33);6-7,12-14,18H,5,8-11,15-17H2,1-4H3,(H,30,31,32);6-7,10-12,15-16H,5,8-9,13-14H2,1-4H3,(H,27,28,29);6-10,14-15H,5,11-13H2,1-4H3,(H,26,27,28)/t;;16-;/m..0./s1. The zero-order valence-corrected chi connectivity index (χ0v) is 87.3. The number of likely N-dealkylation sites (tertiary alicyclic amines) is 1. The van der Waals surface area contributed by atoms with Gasteiger partial charge in [0.25, 0.3) is 22.2 Å². The molecule has 143 heavy (non-hydrogen) atoms. The first kappa shape index (κ1) is 105. The van der Waals surface area contributed by atoms with Gasteiger partial charge in [0.15, 0.2) is 69.4 Å². The number of aromatic nitrogens is 12. The zero-order chi connectivity index (χ0) is 102. The molecule has 0 radical (unpaired) electrons. The highest BCUT2D eigenvalue weighted by atomic mass is 35.5. The molecule has 12 aromatic rings. The minimum atomic E-state index is -0.255. The predicted octanol–water partition coefficient (Wildman–Crippen LogP) is 20.4. The first-order valence-corrected chi connectivity index (χ1v) is 51.1. The van der Waals surface area contributed by atoms with Gasteiger partial charge in [-0.25, -0.2) is 19.9 Å². The molecular weight excluding hydrogens is 1900 g/mol. The number of nitrogens with zero attached hydrogens (tertiary/aromatic N) is 17. The fourth-order valence-corrected chi connectivity index (χ4v) is 19.5. The molecule has 5 saturated heterocycles. The summed E-state index contributed by atoms with van der Waals surface area (Å²) in [5.74, 6) is 7.23. The smallest absolute Gasteiger partial charge is 0.293 e. The first-order chi connectivity index (χ1) is 68.4. The molecule has 4 aromatic carbocycles. The molecule has 0 unspecified atom stereocenters. The van der Waals surface area contributed by atoms with Gasteiger partial charge >= 0.3 is 0 Å². The molecule has 18 rings (SSSR count). The number of benzene rings is 4. The number of anilines is 12. The van der Waals surface area contributed by atoms with Crippen molar-refractivity contribution in [2.24, 2.45) is 28.6 Å². The van der Waals surface area contributed by atoms with Crippen LogP contribution in [-0.4, -0.2) is 185 Å². The Morgan fingerprint density at radius 3 is 0.881 bits per heavy atom. The van der Waals surface area contributed by atoms with E-state index in [-0.39, 0.29) is 119 Å². The van der Waals surface area contributed by atoms with Crippen LogP contribution >= 0.6 is 46.4 Å². The summed E-state index contributed by atoms with van der Waals surface area (Å²) in [5, 5.41) is 18.1. The summed E-state index contributed by atoms with van der Waals surface area (Å²) in [5.41, 5.74) is 5.95. The number of ketones is 4. The number of fused-ring (bicyclic) bond motifs is 4. The van der Waals surface area contributed by atoms with E-state index in [2.05, 4.69) is 103 Å². The third-order valence-electron chi connectivity index (χ3n) is 27.3. The van der Waals surface area contributed by atoms with Gasteiger partial charge in [0.1, 0.15) is 46.5 Å². The van der Waals surface area contributed by atoms with Gasteiger partial charge in [0.05, 0.1) is 46.9 Å². The number of piperidine rings is 1. The van der Waals surface area contributed by atoms with Gasteiger partial charge in [-0.2, -0.15) is 19.9 Å². The molecule has 0 amide bonds. The van der Waals surface area contributed by atoms with Gasteiger partial charge in [-0.3, -0.25) is 38.4 Å². The third kappa shape index (κ3) is 24.6. The molecule has 13 heterocycles. The summed E-state index contributed by atoms with van der Waals surface area (Å²) in [4.78, 5) is 147. The molecule has 1 atom stereocenters.